The predicted octanol–water partition coefficient (Wildman–Crippen LogP) is 1.85. The van der Waals surface area contributed by atoms with Crippen LogP contribution in [0, 0.1) is 0 Å². The molecule has 0 unspecified atom stereocenters. The zero-order valence-corrected chi connectivity index (χ0v) is 11.0. The summed E-state index contributed by atoms with van der Waals surface area (Å²) in [6.45, 7) is 0. The minimum absolute atomic E-state index is 0.0971. The first-order chi connectivity index (χ1) is 8.52. The highest BCUT2D eigenvalue weighted by molar-refractivity contribution is 7.81. The molecule has 0 spiro atoms. The molecule has 0 radical (unpaired) electrons. The molecule has 0 fully saturated rings. The van der Waals surface area contributed by atoms with Gasteiger partial charge in [-0.05, 0) is 18.2 Å². The third-order valence-electron chi connectivity index (χ3n) is 2.39. The van der Waals surface area contributed by atoms with E-state index in [2.05, 4.69) is 15.4 Å². The van der Waals surface area contributed by atoms with Gasteiger partial charge in [0.05, 0.1) is 18.5 Å². The number of thiocarbonyl (C=S) groups is 1. The minimum Gasteiger partial charge on any atom is -0.465 e. The molecule has 1 aliphatic heterocycles. The van der Waals surface area contributed by atoms with Crippen LogP contribution in [0.5, 0.6) is 0 Å². The van der Waals surface area contributed by atoms with Gasteiger partial charge in [-0.3, -0.25) is 0 Å². The van der Waals surface area contributed by atoms with E-state index in [0.29, 0.717) is 16.4 Å². The zero-order chi connectivity index (χ0) is 13.3. The molecule has 0 amide bonds. The van der Waals surface area contributed by atoms with Crippen molar-refractivity contribution in [2.75, 3.05) is 17.7 Å². The van der Waals surface area contributed by atoms with Gasteiger partial charge in [0.15, 0.2) is 0 Å². The summed E-state index contributed by atoms with van der Waals surface area (Å²) in [5, 5.41) is 6.35. The summed E-state index contributed by atoms with van der Waals surface area (Å²) in [6.07, 6.45) is 0. The Hall–Kier alpha value is -1.79. The molecule has 4 N–H and O–H groups in total. The van der Waals surface area contributed by atoms with Crippen LogP contribution in [-0.4, -0.2) is 18.1 Å². The highest BCUT2D eigenvalue weighted by Gasteiger charge is 2.24. The predicted molar refractivity (Wildman–Crippen MR) is 74.5 cm³/mol. The van der Waals surface area contributed by atoms with Gasteiger partial charge in [-0.25, -0.2) is 4.79 Å². The third-order valence-corrected chi connectivity index (χ3v) is 2.93. The number of hydrogen-bond acceptors (Lipinski definition) is 5. The second kappa shape index (κ2) is 4.83. The summed E-state index contributed by atoms with van der Waals surface area (Å²) in [5.41, 5.74) is 7.23. The molecular weight excluding hydrogens is 274 g/mol. The maximum Gasteiger partial charge on any atom is 0.344 e. The van der Waals surface area contributed by atoms with Crippen molar-refractivity contribution in [1.29, 1.82) is 0 Å². The number of rotatable bonds is 1. The summed E-state index contributed by atoms with van der Waals surface area (Å²) >= 11 is 11.0. The smallest absolute Gasteiger partial charge is 0.344 e. The fourth-order valence-corrected chi connectivity index (χ4v) is 2.02. The van der Waals surface area contributed by atoms with Crippen LogP contribution in [0.2, 0.25) is 5.02 Å². The monoisotopic (exact) mass is 283 g/mol. The average Bonchev–Trinajstić information content (AvgIpc) is 2.43. The number of carbonyl (C=O) groups is 1. The first-order valence-corrected chi connectivity index (χ1v) is 5.77. The van der Waals surface area contributed by atoms with Gasteiger partial charge in [0.25, 0.3) is 0 Å². The Kier molecular flexibility index (Phi) is 3.40. The van der Waals surface area contributed by atoms with Crippen molar-refractivity contribution in [1.82, 2.24) is 0 Å². The topological polar surface area (TPSA) is 76.4 Å². The molecule has 0 aromatic heterocycles. The van der Waals surface area contributed by atoms with Gasteiger partial charge in [-0.2, -0.15) is 0 Å². The molecule has 94 valence electrons. The average molecular weight is 284 g/mol. The van der Waals surface area contributed by atoms with Crippen molar-refractivity contribution in [2.24, 2.45) is 5.73 Å². The van der Waals surface area contributed by atoms with Crippen LogP contribution in [0.1, 0.15) is 0 Å². The maximum atomic E-state index is 11.6. The normalized spacial score (nSPS) is 14.2. The number of hydrogen-bond donors (Lipinski definition) is 3. The van der Waals surface area contributed by atoms with E-state index in [0.717, 1.165) is 0 Å². The Morgan fingerprint density at radius 2 is 2.11 bits per heavy atom. The van der Waals surface area contributed by atoms with E-state index in [-0.39, 0.29) is 16.4 Å². The molecule has 18 heavy (non-hydrogen) atoms. The number of methoxy groups -OCH3 is 1. The molecule has 1 aromatic rings. The van der Waals surface area contributed by atoms with Crippen molar-refractivity contribution in [3.63, 3.8) is 0 Å². The van der Waals surface area contributed by atoms with E-state index < -0.39 is 5.97 Å². The SMILES string of the molecule is COC(=O)C1=C(N)Nc2ccc(Cl)cc2NC1=S. The lowest BCUT2D eigenvalue weighted by Crippen LogP contribution is -2.24. The number of ether oxygens (including phenoxy) is 1. The summed E-state index contributed by atoms with van der Waals surface area (Å²) in [4.78, 5) is 11.8. The fraction of sp³-hybridized carbons (Fsp3) is 0.0909. The fourth-order valence-electron chi connectivity index (χ4n) is 1.55. The lowest BCUT2D eigenvalue weighted by molar-refractivity contribution is -0.135. The molecule has 0 aliphatic carbocycles. The highest BCUT2D eigenvalue weighted by atomic mass is 35.5. The van der Waals surface area contributed by atoms with Crippen LogP contribution in [-0.2, 0) is 9.53 Å². The number of anilines is 2. The number of carbonyl (C=O) groups excluding carboxylic acids is 1. The second-order valence-electron chi connectivity index (χ2n) is 3.55. The first-order valence-electron chi connectivity index (χ1n) is 4.99. The molecule has 0 saturated carbocycles. The highest BCUT2D eigenvalue weighted by Crippen LogP contribution is 2.29. The summed E-state index contributed by atoms with van der Waals surface area (Å²) in [7, 11) is 1.26. The second-order valence-corrected chi connectivity index (χ2v) is 4.39. The summed E-state index contributed by atoms with van der Waals surface area (Å²) in [5.74, 6) is -0.461. The van der Waals surface area contributed by atoms with Crippen molar-refractivity contribution in [3.8, 4) is 0 Å². The third kappa shape index (κ3) is 2.25. The minimum atomic E-state index is -0.601. The number of benzene rings is 1. The van der Waals surface area contributed by atoms with E-state index in [1.807, 2.05) is 0 Å². The molecule has 7 heteroatoms. The van der Waals surface area contributed by atoms with Gasteiger partial charge in [-0.15, -0.1) is 0 Å². The lowest BCUT2D eigenvalue weighted by atomic mass is 10.2. The Morgan fingerprint density at radius 1 is 1.39 bits per heavy atom. The molecule has 2 rings (SSSR count). The van der Waals surface area contributed by atoms with Crippen LogP contribution in [0.15, 0.2) is 29.6 Å². The van der Waals surface area contributed by atoms with Crippen LogP contribution in [0.25, 0.3) is 0 Å². The van der Waals surface area contributed by atoms with Gasteiger partial charge in [0.1, 0.15) is 16.4 Å². The molecule has 5 nitrogen and oxygen atoms in total. The Labute approximate surface area is 114 Å². The molecule has 0 bridgehead atoms. The quantitative estimate of drug-likeness (QED) is 0.539. The number of fused-ring (bicyclic) bond motifs is 1. The molecular formula is C11H10ClN3O2S. The van der Waals surface area contributed by atoms with Crippen molar-refractivity contribution >= 4 is 46.2 Å². The molecule has 0 atom stereocenters. The molecule has 1 heterocycles. The van der Waals surface area contributed by atoms with Crippen LogP contribution in [0.4, 0.5) is 11.4 Å². The maximum absolute atomic E-state index is 11.6. The summed E-state index contributed by atoms with van der Waals surface area (Å²) < 4.78 is 4.64. The Morgan fingerprint density at radius 3 is 2.78 bits per heavy atom. The largest absolute Gasteiger partial charge is 0.465 e. The zero-order valence-electron chi connectivity index (χ0n) is 9.41. The van der Waals surface area contributed by atoms with Crippen molar-refractivity contribution in [2.45, 2.75) is 0 Å². The van der Waals surface area contributed by atoms with Gasteiger partial charge >= 0.3 is 5.97 Å². The first kappa shape index (κ1) is 12.7. The van der Waals surface area contributed by atoms with Crippen molar-refractivity contribution in [3.05, 3.63) is 34.6 Å². The lowest BCUT2D eigenvalue weighted by Gasteiger charge is -2.08. The Bertz CT molecular complexity index is 571. The van der Waals surface area contributed by atoms with E-state index in [4.69, 9.17) is 29.6 Å². The van der Waals surface area contributed by atoms with Gasteiger partial charge in [0, 0.05) is 5.02 Å². The Balaban J connectivity index is 2.47. The van der Waals surface area contributed by atoms with Crippen LogP contribution < -0.4 is 16.4 Å². The molecule has 0 saturated heterocycles. The number of nitrogens with two attached hydrogens (primary N) is 1. The summed E-state index contributed by atoms with van der Waals surface area (Å²) in [6, 6.07) is 5.12. The van der Waals surface area contributed by atoms with Crippen molar-refractivity contribution < 1.29 is 9.53 Å². The van der Waals surface area contributed by atoms with E-state index >= 15 is 0 Å². The molecule has 1 aromatic carbocycles. The van der Waals surface area contributed by atoms with Gasteiger partial charge in [-0.1, -0.05) is 23.8 Å². The number of nitrogens with one attached hydrogen (secondary N) is 2. The molecule has 1 aliphatic rings. The van der Waals surface area contributed by atoms with E-state index in [1.54, 1.807) is 18.2 Å². The van der Waals surface area contributed by atoms with Gasteiger partial charge < -0.3 is 21.1 Å². The van der Waals surface area contributed by atoms with Crippen LogP contribution >= 0.6 is 23.8 Å². The van der Waals surface area contributed by atoms with E-state index in [1.165, 1.54) is 7.11 Å². The number of esters is 1. The number of halogens is 1. The van der Waals surface area contributed by atoms with Crippen LogP contribution in [0.3, 0.4) is 0 Å². The van der Waals surface area contributed by atoms with Gasteiger partial charge in [0.2, 0.25) is 0 Å². The standard InChI is InChI=1S/C11H10ClN3O2S/c1-17-11(16)8-9(13)14-6-3-2-5(12)4-7(6)15-10(8)18/h2-4,14H,13H2,1H3,(H,15,18). The van der Waals surface area contributed by atoms with E-state index in [9.17, 15) is 4.79 Å².